The van der Waals surface area contributed by atoms with Crippen LogP contribution in [0.1, 0.15) is 5.56 Å². The van der Waals surface area contributed by atoms with Crippen LogP contribution in [-0.2, 0) is 21.0 Å². The van der Waals surface area contributed by atoms with Crippen LogP contribution in [0.5, 0.6) is 0 Å². The summed E-state index contributed by atoms with van der Waals surface area (Å²) in [7, 11) is -4.86. The molecule has 0 unspecified atom stereocenters. The summed E-state index contributed by atoms with van der Waals surface area (Å²) in [5.41, 5.74) is 15.5. The minimum absolute atomic E-state index is 0.178. The van der Waals surface area contributed by atoms with Crippen LogP contribution in [0, 0.1) is 6.92 Å². The lowest BCUT2D eigenvalue weighted by atomic mass is 9.93. The van der Waals surface area contributed by atoms with E-state index in [1.165, 1.54) is 93.6 Å². The highest BCUT2D eigenvalue weighted by molar-refractivity contribution is 7.97. The summed E-state index contributed by atoms with van der Waals surface area (Å²) in [6.45, 7) is 1.82. The van der Waals surface area contributed by atoms with Crippen molar-refractivity contribution in [3.05, 3.63) is 266 Å². The molecule has 0 aliphatic rings. The van der Waals surface area contributed by atoms with Crippen molar-refractivity contribution in [3.63, 3.8) is 0 Å². The Bertz CT molecular complexity index is 2980. The molecule has 320 valence electrons. The van der Waals surface area contributed by atoms with E-state index >= 15 is 0 Å². The van der Waals surface area contributed by atoms with Gasteiger partial charge in [-0.3, -0.25) is 0 Å². The number of hydrogen-bond acceptors (Lipinski definition) is 3. The van der Waals surface area contributed by atoms with Gasteiger partial charge in [0, 0.05) is 22.3 Å². The summed E-state index contributed by atoms with van der Waals surface area (Å²) >= 11 is 0. The van der Waals surface area contributed by atoms with Gasteiger partial charge in [-0.15, -0.1) is 0 Å². The van der Waals surface area contributed by atoms with Crippen LogP contribution in [0.2, 0.25) is 0 Å². The summed E-state index contributed by atoms with van der Waals surface area (Å²) in [4.78, 5) is 3.71. The van der Waals surface area contributed by atoms with E-state index in [2.05, 4.69) is 237 Å². The Kier molecular flexibility index (Phi) is 13.3. The molecule has 0 atom stereocenters. The Hall–Kier alpha value is -7.54. The first-order valence-corrected chi connectivity index (χ1v) is 24.5. The van der Waals surface area contributed by atoms with Gasteiger partial charge in [0.05, 0.1) is 4.90 Å². The molecule has 0 bridgehead atoms. The third-order valence-electron chi connectivity index (χ3n) is 11.4. The quantitative estimate of drug-likeness (QED) is 0.102. The zero-order valence-corrected chi connectivity index (χ0v) is 38.0. The maximum absolute atomic E-state index is 10.4. The Morgan fingerprint density at radius 2 is 0.576 bits per heavy atom. The molecule has 5 heteroatoms. The van der Waals surface area contributed by atoms with E-state index in [4.69, 9.17) is 0 Å². The van der Waals surface area contributed by atoms with Gasteiger partial charge in [0.15, 0.2) is 14.7 Å². The second-order valence-corrected chi connectivity index (χ2v) is 19.2. The van der Waals surface area contributed by atoms with Gasteiger partial charge < -0.3 is 4.55 Å². The smallest absolute Gasteiger partial charge is 0.182 e. The average Bonchev–Trinajstić information content (AvgIpc) is 3.38. The topological polar surface area (TPSA) is 57.2 Å². The molecule has 0 aliphatic carbocycles. The Morgan fingerprint density at radius 3 is 0.848 bits per heavy atom. The Labute approximate surface area is 391 Å². The normalized spacial score (nSPS) is 11.1. The maximum atomic E-state index is 10.4. The van der Waals surface area contributed by atoms with Gasteiger partial charge >= 0.3 is 0 Å². The third-order valence-corrected chi connectivity index (χ3v) is 14.7. The summed E-state index contributed by atoms with van der Waals surface area (Å²) in [6.07, 6.45) is 0. The molecule has 10 aromatic rings. The summed E-state index contributed by atoms with van der Waals surface area (Å²) in [5.74, 6) is 0. The number of benzene rings is 10. The first-order valence-electron chi connectivity index (χ1n) is 21.8. The first-order chi connectivity index (χ1) is 32.3. The van der Waals surface area contributed by atoms with Crippen LogP contribution < -0.4 is 0 Å². The molecule has 0 amide bonds. The van der Waals surface area contributed by atoms with Crippen molar-refractivity contribution < 1.29 is 13.0 Å². The summed E-state index contributed by atoms with van der Waals surface area (Å²) < 4.78 is 31.2. The van der Waals surface area contributed by atoms with Crippen molar-refractivity contribution in [3.8, 4) is 66.8 Å². The van der Waals surface area contributed by atoms with Crippen molar-refractivity contribution in [1.82, 2.24) is 0 Å². The molecule has 0 N–H and O–H groups in total. The largest absolute Gasteiger partial charge is 0.744 e. The number of aryl methyl sites for hydroxylation is 1. The van der Waals surface area contributed by atoms with Crippen LogP contribution >= 0.6 is 0 Å². The van der Waals surface area contributed by atoms with Crippen molar-refractivity contribution in [1.29, 1.82) is 0 Å². The molecule has 66 heavy (non-hydrogen) atoms. The van der Waals surface area contributed by atoms with E-state index in [9.17, 15) is 13.0 Å². The average molecular weight is 891 g/mol. The molecule has 0 radical (unpaired) electrons. The van der Waals surface area contributed by atoms with Gasteiger partial charge in [-0.25, -0.2) is 8.42 Å². The SMILES string of the molecule is Cc1ccc(S(=O)(=O)[O-])cc1.c1ccc(-c2cc(-c3ccccc3)c([S+](c3ccccc3)c3c(-c4ccccc4)cc(-c4ccccc4)cc3-c3ccccc3)c(-c3ccccc3)c2)cc1. The highest BCUT2D eigenvalue weighted by Crippen LogP contribution is 2.51. The fraction of sp³-hybridized carbons (Fsp3) is 0.0164. The van der Waals surface area contributed by atoms with E-state index < -0.39 is 21.0 Å². The highest BCUT2D eigenvalue weighted by Gasteiger charge is 2.40. The van der Waals surface area contributed by atoms with E-state index in [0.29, 0.717) is 0 Å². The number of rotatable bonds is 10. The Balaban J connectivity index is 0.000000439. The summed E-state index contributed by atoms with van der Waals surface area (Å²) in [5, 5.41) is 0. The molecule has 0 fully saturated rings. The second kappa shape index (κ2) is 20.1. The lowest BCUT2D eigenvalue weighted by Crippen LogP contribution is -2.12. The van der Waals surface area contributed by atoms with Crippen LogP contribution in [-0.4, -0.2) is 13.0 Å². The van der Waals surface area contributed by atoms with Crippen LogP contribution in [0.15, 0.2) is 280 Å². The van der Waals surface area contributed by atoms with Gasteiger partial charge in [-0.1, -0.05) is 218 Å². The molecule has 0 spiro atoms. The minimum Gasteiger partial charge on any atom is -0.744 e. The fourth-order valence-electron chi connectivity index (χ4n) is 8.22. The fourth-order valence-corrected chi connectivity index (χ4v) is 11.4. The molecule has 0 saturated heterocycles. The molecule has 0 saturated carbocycles. The van der Waals surface area contributed by atoms with Crippen molar-refractivity contribution in [2.24, 2.45) is 0 Å². The van der Waals surface area contributed by atoms with Gasteiger partial charge in [0.1, 0.15) is 21.0 Å². The molecule has 10 rings (SSSR count). The first kappa shape index (κ1) is 43.7. The predicted molar refractivity (Wildman–Crippen MR) is 273 cm³/mol. The molecule has 0 heterocycles. The highest BCUT2D eigenvalue weighted by atomic mass is 32.2. The molecule has 10 aromatic carbocycles. The molecule has 0 aromatic heterocycles. The van der Waals surface area contributed by atoms with E-state index in [-0.39, 0.29) is 4.90 Å². The molecular weight excluding hydrogens is 845 g/mol. The van der Waals surface area contributed by atoms with Crippen molar-refractivity contribution in [2.45, 2.75) is 26.5 Å². The van der Waals surface area contributed by atoms with Crippen LogP contribution in [0.4, 0.5) is 0 Å². The molecule has 3 nitrogen and oxygen atoms in total. The number of hydrogen-bond donors (Lipinski definition) is 0. The molecule has 0 aliphatic heterocycles. The predicted octanol–water partition coefficient (Wildman–Crippen LogP) is 15.7. The van der Waals surface area contributed by atoms with E-state index in [1.54, 1.807) is 12.1 Å². The second-order valence-electron chi connectivity index (χ2n) is 15.9. The van der Waals surface area contributed by atoms with Crippen LogP contribution in [0.3, 0.4) is 0 Å². The Morgan fingerprint density at radius 1 is 0.318 bits per heavy atom. The van der Waals surface area contributed by atoms with Crippen LogP contribution in [0.25, 0.3) is 66.8 Å². The summed E-state index contributed by atoms with van der Waals surface area (Å²) in [6, 6.07) is 92.2. The lowest BCUT2D eigenvalue weighted by molar-refractivity contribution is 0.463. The molecular formula is C61H46O3S2. The standard InChI is InChI=1S/C54H39S.C7H8O3S/c1-8-22-40(23-9-1)46-36-49(42-26-12-3-13-27-42)53(50(37-46)43-28-14-4-15-29-43)55(48-34-20-7-21-35-48)54-51(44-30-16-5-17-31-44)38-47(41-24-10-2-11-25-41)39-52(54)45-32-18-6-19-33-45;1-6-2-4-7(5-3-6)11(8,9)10/h1-39H;2-5H,1H3,(H,8,9,10)/q+1;/p-1. The van der Waals surface area contributed by atoms with Gasteiger partial charge in [0.2, 0.25) is 0 Å². The van der Waals surface area contributed by atoms with Gasteiger partial charge in [-0.2, -0.15) is 0 Å². The van der Waals surface area contributed by atoms with Gasteiger partial charge in [-0.05, 0) is 100.0 Å². The van der Waals surface area contributed by atoms with E-state index in [0.717, 1.165) is 5.56 Å². The monoisotopic (exact) mass is 890 g/mol. The maximum Gasteiger partial charge on any atom is 0.182 e. The van der Waals surface area contributed by atoms with Gasteiger partial charge in [0.25, 0.3) is 0 Å². The third kappa shape index (κ3) is 9.90. The van der Waals surface area contributed by atoms with Crippen molar-refractivity contribution in [2.75, 3.05) is 0 Å². The van der Waals surface area contributed by atoms with E-state index in [1.807, 2.05) is 6.92 Å². The zero-order valence-electron chi connectivity index (χ0n) is 36.4. The lowest BCUT2D eigenvalue weighted by Gasteiger charge is -2.23. The minimum atomic E-state index is -4.27. The zero-order chi connectivity index (χ0) is 45.3. The van der Waals surface area contributed by atoms with Crippen molar-refractivity contribution >= 4 is 21.0 Å².